The Labute approximate surface area is 149 Å². The molecule has 140 valence electrons. The van der Waals surface area contributed by atoms with Crippen LogP contribution in [0.4, 0.5) is 0 Å². The molecule has 2 aromatic heterocycles. The second-order valence-corrected chi connectivity index (χ2v) is 5.68. The van der Waals surface area contributed by atoms with Crippen LogP contribution in [0, 0.1) is 0 Å². The van der Waals surface area contributed by atoms with Crippen LogP contribution in [-0.2, 0) is 14.4 Å². The van der Waals surface area contributed by atoms with Crippen LogP contribution >= 0.6 is 0 Å². The van der Waals surface area contributed by atoms with E-state index in [1.807, 2.05) is 0 Å². The van der Waals surface area contributed by atoms with Gasteiger partial charge < -0.3 is 29.7 Å². The largest absolute Gasteiger partial charge is 0.466 e. The molecule has 0 aromatic carbocycles. The molecule has 2 amide bonds. The van der Waals surface area contributed by atoms with Crippen molar-refractivity contribution in [1.82, 2.24) is 10.6 Å². The number of hydrogen-bond acceptors (Lipinski definition) is 7. The third-order valence-corrected chi connectivity index (χ3v) is 3.63. The van der Waals surface area contributed by atoms with Gasteiger partial charge in [0.2, 0.25) is 11.8 Å². The lowest BCUT2D eigenvalue weighted by Crippen LogP contribution is -2.55. The predicted octanol–water partition coefficient (Wildman–Crippen LogP) is 0.218. The number of Topliss-reactive ketones (excluding diaryl/α,β-unsaturated/α-hetero) is 1. The van der Waals surface area contributed by atoms with Gasteiger partial charge in [0.25, 0.3) is 0 Å². The van der Waals surface area contributed by atoms with Gasteiger partial charge in [-0.25, -0.2) is 0 Å². The van der Waals surface area contributed by atoms with Crippen LogP contribution in [0.1, 0.15) is 37.6 Å². The second kappa shape index (κ2) is 8.45. The summed E-state index contributed by atoms with van der Waals surface area (Å²) >= 11 is 0. The first-order valence-electron chi connectivity index (χ1n) is 7.82. The van der Waals surface area contributed by atoms with Crippen LogP contribution in [0.3, 0.4) is 0 Å². The molecule has 0 saturated heterocycles. The minimum atomic E-state index is -1.51. The maximum absolute atomic E-state index is 13.0. The quantitative estimate of drug-likeness (QED) is 0.525. The molecule has 2 heterocycles. The fourth-order valence-corrected chi connectivity index (χ4v) is 2.49. The van der Waals surface area contributed by atoms with E-state index < -0.39 is 41.9 Å². The summed E-state index contributed by atoms with van der Waals surface area (Å²) in [6.07, 6.45) is -0.420. The van der Waals surface area contributed by atoms with Crippen molar-refractivity contribution in [3.8, 4) is 0 Å². The number of nitrogens with one attached hydrogen (secondary N) is 2. The van der Waals surface area contributed by atoms with E-state index in [1.165, 1.54) is 50.6 Å². The molecule has 4 unspecified atom stereocenters. The summed E-state index contributed by atoms with van der Waals surface area (Å²) in [6, 6.07) is 2.97. The van der Waals surface area contributed by atoms with Crippen molar-refractivity contribution in [3.63, 3.8) is 0 Å². The fourth-order valence-electron chi connectivity index (χ4n) is 2.49. The minimum Gasteiger partial charge on any atom is -0.466 e. The summed E-state index contributed by atoms with van der Waals surface area (Å²) in [5.74, 6) is -1.88. The van der Waals surface area contributed by atoms with Gasteiger partial charge in [-0.15, -0.1) is 0 Å². The lowest BCUT2D eigenvalue weighted by atomic mass is 9.94. The Hall–Kier alpha value is -2.91. The first-order chi connectivity index (χ1) is 12.3. The molecule has 2 aromatic rings. The molecule has 0 aliphatic rings. The smallest absolute Gasteiger partial charge is 0.217 e. The summed E-state index contributed by atoms with van der Waals surface area (Å²) in [5, 5.41) is 25.5. The third-order valence-electron chi connectivity index (χ3n) is 3.63. The average molecular weight is 364 g/mol. The fraction of sp³-hybridized carbons (Fsp3) is 0.353. The summed E-state index contributed by atoms with van der Waals surface area (Å²) < 4.78 is 10.2. The van der Waals surface area contributed by atoms with Crippen LogP contribution in [0.25, 0.3) is 0 Å². The highest BCUT2D eigenvalue weighted by Gasteiger charge is 2.40. The molecule has 0 bridgehead atoms. The number of furan rings is 2. The molecule has 9 nitrogen and oxygen atoms in total. The van der Waals surface area contributed by atoms with E-state index in [9.17, 15) is 24.6 Å². The molecule has 0 aliphatic heterocycles. The molecule has 0 fully saturated rings. The van der Waals surface area contributed by atoms with Crippen molar-refractivity contribution in [2.24, 2.45) is 0 Å². The first-order valence-corrected chi connectivity index (χ1v) is 7.82. The van der Waals surface area contributed by atoms with Crippen molar-refractivity contribution < 1.29 is 33.4 Å². The zero-order valence-electron chi connectivity index (χ0n) is 14.2. The number of carbonyl (C=O) groups excluding carboxylic acids is 3. The highest BCUT2D eigenvalue weighted by atomic mass is 16.4. The summed E-state index contributed by atoms with van der Waals surface area (Å²) in [6.45, 7) is 2.34. The van der Waals surface area contributed by atoms with Gasteiger partial charge in [-0.2, -0.15) is 0 Å². The maximum atomic E-state index is 13.0. The van der Waals surface area contributed by atoms with Crippen molar-refractivity contribution in [1.29, 1.82) is 0 Å². The van der Waals surface area contributed by atoms with E-state index in [4.69, 9.17) is 8.83 Å². The Bertz CT molecular complexity index is 677. The van der Waals surface area contributed by atoms with Gasteiger partial charge >= 0.3 is 0 Å². The van der Waals surface area contributed by atoms with Crippen molar-refractivity contribution in [2.45, 2.75) is 38.1 Å². The van der Waals surface area contributed by atoms with Gasteiger partial charge in [0.1, 0.15) is 35.8 Å². The maximum Gasteiger partial charge on any atom is 0.217 e. The number of ketones is 1. The highest BCUT2D eigenvalue weighted by molar-refractivity contribution is 5.95. The van der Waals surface area contributed by atoms with Crippen LogP contribution in [-0.4, -0.2) is 39.9 Å². The van der Waals surface area contributed by atoms with Gasteiger partial charge in [-0.1, -0.05) is 0 Å². The Kier molecular flexibility index (Phi) is 6.31. The number of carbonyl (C=O) groups is 3. The highest BCUT2D eigenvalue weighted by Crippen LogP contribution is 2.24. The summed E-state index contributed by atoms with van der Waals surface area (Å²) in [4.78, 5) is 36.0. The Morgan fingerprint density at radius 3 is 1.50 bits per heavy atom. The SMILES string of the molecule is CC(=O)NC(C(=O)C(NC(C)=O)C(O)c1ccco1)C(O)c1ccco1. The van der Waals surface area contributed by atoms with E-state index in [0.717, 1.165) is 0 Å². The van der Waals surface area contributed by atoms with Crippen molar-refractivity contribution in [3.05, 3.63) is 48.3 Å². The predicted molar refractivity (Wildman–Crippen MR) is 87.6 cm³/mol. The summed E-state index contributed by atoms with van der Waals surface area (Å²) in [5.41, 5.74) is 0. The van der Waals surface area contributed by atoms with Gasteiger partial charge in [0.05, 0.1) is 12.5 Å². The molecule has 0 aliphatic carbocycles. The molecule has 4 atom stereocenters. The summed E-state index contributed by atoms with van der Waals surface area (Å²) in [7, 11) is 0. The first kappa shape index (κ1) is 19.4. The molecular formula is C17H20N2O7. The normalized spacial score (nSPS) is 15.5. The van der Waals surface area contributed by atoms with Crippen LogP contribution in [0.5, 0.6) is 0 Å². The van der Waals surface area contributed by atoms with Gasteiger partial charge in [0, 0.05) is 13.8 Å². The van der Waals surface area contributed by atoms with E-state index >= 15 is 0 Å². The van der Waals surface area contributed by atoms with Crippen molar-refractivity contribution >= 4 is 17.6 Å². The van der Waals surface area contributed by atoms with Gasteiger partial charge in [-0.05, 0) is 24.3 Å². The Balaban J connectivity index is 2.34. The second-order valence-electron chi connectivity index (χ2n) is 5.68. The standard InChI is InChI=1S/C17H20N2O7/c1-9(20)18-13(15(22)11-5-3-7-25-11)17(24)14(19-10(2)21)16(23)12-6-4-8-26-12/h3-8,13-16,22-23H,1-2H3,(H,18,20)(H,19,21). The number of hydrogen-bond donors (Lipinski definition) is 4. The minimum absolute atomic E-state index is 0.0474. The zero-order chi connectivity index (χ0) is 19.3. The molecule has 9 heteroatoms. The zero-order valence-corrected chi connectivity index (χ0v) is 14.2. The molecule has 0 radical (unpaired) electrons. The molecule has 0 saturated carbocycles. The number of rotatable bonds is 8. The Morgan fingerprint density at radius 2 is 1.23 bits per heavy atom. The van der Waals surface area contributed by atoms with E-state index in [2.05, 4.69) is 10.6 Å². The van der Waals surface area contributed by atoms with Crippen LogP contribution < -0.4 is 10.6 Å². The average Bonchev–Trinajstić information content (AvgIpc) is 3.28. The van der Waals surface area contributed by atoms with Crippen LogP contribution in [0.2, 0.25) is 0 Å². The molecule has 26 heavy (non-hydrogen) atoms. The monoisotopic (exact) mass is 364 g/mol. The lowest BCUT2D eigenvalue weighted by molar-refractivity contribution is -0.136. The van der Waals surface area contributed by atoms with Gasteiger partial charge in [-0.3, -0.25) is 14.4 Å². The topological polar surface area (TPSA) is 142 Å². The molecule has 0 spiro atoms. The van der Waals surface area contributed by atoms with Crippen molar-refractivity contribution in [2.75, 3.05) is 0 Å². The number of amides is 2. The van der Waals surface area contributed by atoms with Crippen LogP contribution in [0.15, 0.2) is 45.6 Å². The van der Waals surface area contributed by atoms with E-state index in [-0.39, 0.29) is 11.5 Å². The number of aliphatic hydroxyl groups excluding tert-OH is 2. The van der Waals surface area contributed by atoms with E-state index in [0.29, 0.717) is 0 Å². The lowest BCUT2D eigenvalue weighted by Gasteiger charge is -2.28. The Morgan fingerprint density at radius 1 is 0.846 bits per heavy atom. The van der Waals surface area contributed by atoms with E-state index in [1.54, 1.807) is 0 Å². The van der Waals surface area contributed by atoms with Gasteiger partial charge in [0.15, 0.2) is 5.78 Å². The molecule has 2 rings (SSSR count). The third kappa shape index (κ3) is 4.58. The number of aliphatic hydroxyl groups is 2. The molecular weight excluding hydrogens is 344 g/mol. The molecule has 4 N–H and O–H groups in total.